The van der Waals surface area contributed by atoms with Gasteiger partial charge >= 0.3 is 0 Å². The molecule has 4 aromatic heterocycles. The van der Waals surface area contributed by atoms with E-state index in [1.165, 1.54) is 6.21 Å². The normalized spacial score (nSPS) is 36.3. The highest BCUT2D eigenvalue weighted by Crippen LogP contribution is 2.50. The Hall–Kier alpha value is -3.77. The molecule has 7 rings (SSSR count). The zero-order chi connectivity index (χ0) is 34.1. The molecule has 0 spiro atoms. The number of aromatic nitrogens is 8. The Morgan fingerprint density at radius 1 is 0.896 bits per heavy atom. The van der Waals surface area contributed by atoms with Crippen molar-refractivity contribution in [2.45, 2.75) is 56.0 Å². The van der Waals surface area contributed by atoms with Gasteiger partial charge in [0.05, 0.1) is 25.9 Å². The lowest BCUT2D eigenvalue weighted by atomic mass is 10.1. The van der Waals surface area contributed by atoms with Gasteiger partial charge in [0.15, 0.2) is 34.8 Å². The fourth-order valence-electron chi connectivity index (χ4n) is 5.53. The van der Waals surface area contributed by atoms with Gasteiger partial charge < -0.3 is 53.3 Å². The summed E-state index contributed by atoms with van der Waals surface area (Å²) in [6, 6.07) is 0. The molecule has 0 radical (unpaired) electrons. The molecule has 10 atom stereocenters. The van der Waals surface area contributed by atoms with E-state index >= 15 is 0 Å². The number of aliphatic hydroxyl groups is 2. The van der Waals surface area contributed by atoms with Gasteiger partial charge in [0.25, 0.3) is 26.8 Å². The summed E-state index contributed by atoms with van der Waals surface area (Å²) in [6.45, 7) is -0.339. The van der Waals surface area contributed by atoms with Crippen LogP contribution in [0.2, 0.25) is 0 Å². The standard InChI is InChI=1S/C22H26N10O14P2/c1-2-24-22-28-16-10(18(36)30-22)26-6-32(16)20-12(34)14-8(44-20)4-42-47(37,38)45-13-7(3-41-48(39,40)46-14)43-19(11(13)33)31-5-25-9-15(31)27-21(23)29-17(9)35/h2,5-8,11-14,19-20,33-34H,3-4H2,1H3,(H,37,38)(H,39,40)(H,28,30,36)(H3,23,27,29,35)/p-2/t7-,8-,11?,12?,13+,14+,19-,20-/m1/s1. The zero-order valence-electron chi connectivity index (χ0n) is 24.2. The predicted molar refractivity (Wildman–Crippen MR) is 151 cm³/mol. The van der Waals surface area contributed by atoms with Gasteiger partial charge in [-0.05, 0) is 6.92 Å². The Labute approximate surface area is 265 Å². The van der Waals surface area contributed by atoms with Crippen molar-refractivity contribution in [2.75, 3.05) is 18.9 Å². The minimum Gasteiger partial charge on any atom is -0.756 e. The number of fused-ring (bicyclic) bond motifs is 4. The molecular weight excluding hydrogens is 690 g/mol. The first kappa shape index (κ1) is 32.8. The topological polar surface area (TPSA) is 342 Å². The highest BCUT2D eigenvalue weighted by atomic mass is 31.2. The van der Waals surface area contributed by atoms with Gasteiger partial charge in [0, 0.05) is 6.21 Å². The van der Waals surface area contributed by atoms with E-state index in [0.717, 1.165) is 21.8 Å². The molecule has 4 aromatic rings. The molecular formula is C22H24N10O14P2-2. The van der Waals surface area contributed by atoms with Crippen molar-refractivity contribution < 1.29 is 56.7 Å². The van der Waals surface area contributed by atoms with Crippen LogP contribution in [0.25, 0.3) is 22.3 Å². The number of ether oxygens (including phenoxy) is 2. The third-order valence-electron chi connectivity index (χ3n) is 7.58. The molecule has 0 bridgehead atoms. The third kappa shape index (κ3) is 5.80. The number of phosphoric acid groups is 2. The molecule has 3 aliphatic rings. The van der Waals surface area contributed by atoms with Crippen molar-refractivity contribution in [3.05, 3.63) is 33.4 Å². The molecule has 258 valence electrons. The Kier molecular flexibility index (Phi) is 8.17. The molecule has 0 aliphatic carbocycles. The minimum absolute atomic E-state index is 0.107. The Balaban J connectivity index is 1.17. The van der Waals surface area contributed by atoms with Crippen LogP contribution in [-0.4, -0.2) is 105 Å². The molecule has 48 heavy (non-hydrogen) atoms. The van der Waals surface area contributed by atoms with Crippen molar-refractivity contribution in [2.24, 2.45) is 4.99 Å². The van der Waals surface area contributed by atoms with Crippen LogP contribution in [-0.2, 0) is 36.7 Å². The summed E-state index contributed by atoms with van der Waals surface area (Å²) < 4.78 is 60.0. The van der Waals surface area contributed by atoms with E-state index in [4.69, 9.17) is 33.3 Å². The average molecular weight is 714 g/mol. The zero-order valence-corrected chi connectivity index (χ0v) is 25.9. The summed E-state index contributed by atoms with van der Waals surface area (Å²) in [4.78, 5) is 75.3. The second-order valence-electron chi connectivity index (χ2n) is 10.6. The number of nitrogens with zero attached hydrogens (tertiary/aromatic N) is 7. The van der Waals surface area contributed by atoms with Gasteiger partial charge in [0.1, 0.15) is 36.6 Å². The van der Waals surface area contributed by atoms with Gasteiger partial charge in [-0.3, -0.25) is 37.8 Å². The van der Waals surface area contributed by atoms with E-state index in [-0.39, 0.29) is 34.2 Å². The smallest absolute Gasteiger partial charge is 0.280 e. The molecule has 0 aromatic carbocycles. The highest BCUT2D eigenvalue weighted by molar-refractivity contribution is 7.46. The second kappa shape index (κ2) is 12.0. The van der Waals surface area contributed by atoms with E-state index in [1.807, 2.05) is 0 Å². The van der Waals surface area contributed by atoms with Crippen molar-refractivity contribution in [3.63, 3.8) is 0 Å². The maximum Gasteiger partial charge on any atom is 0.280 e. The molecule has 3 aliphatic heterocycles. The molecule has 4 unspecified atom stereocenters. The van der Waals surface area contributed by atoms with Crippen molar-refractivity contribution in [3.8, 4) is 0 Å². The average Bonchev–Trinajstić information content (AvgIpc) is 3.76. The van der Waals surface area contributed by atoms with Crippen molar-refractivity contribution >= 4 is 56.1 Å². The largest absolute Gasteiger partial charge is 0.756 e. The van der Waals surface area contributed by atoms with Gasteiger partial charge in [-0.2, -0.15) is 9.97 Å². The van der Waals surface area contributed by atoms with E-state index in [0.29, 0.717) is 0 Å². The summed E-state index contributed by atoms with van der Waals surface area (Å²) in [7, 11) is -10.7. The number of rotatable bonds is 3. The third-order valence-corrected chi connectivity index (χ3v) is 9.52. The number of phosphoric ester groups is 2. The quantitative estimate of drug-likeness (QED) is 0.103. The number of nitrogens with one attached hydrogen (secondary N) is 2. The van der Waals surface area contributed by atoms with Crippen LogP contribution in [0.5, 0.6) is 0 Å². The van der Waals surface area contributed by atoms with Crippen molar-refractivity contribution in [1.82, 2.24) is 39.0 Å². The summed E-state index contributed by atoms with van der Waals surface area (Å²) in [5, 5.41) is 22.3. The molecule has 6 N–H and O–H groups in total. The predicted octanol–water partition coefficient (Wildman–Crippen LogP) is -3.17. The monoisotopic (exact) mass is 714 g/mol. The molecule has 0 saturated carbocycles. The summed E-state index contributed by atoms with van der Waals surface area (Å²) >= 11 is 0. The van der Waals surface area contributed by atoms with Crippen molar-refractivity contribution in [1.29, 1.82) is 0 Å². The van der Waals surface area contributed by atoms with Crippen LogP contribution in [0.4, 0.5) is 11.9 Å². The first-order valence-electron chi connectivity index (χ1n) is 13.9. The van der Waals surface area contributed by atoms with Gasteiger partial charge in [-0.15, -0.1) is 0 Å². The number of aliphatic hydroxyl groups excluding tert-OH is 2. The van der Waals surface area contributed by atoms with Gasteiger partial charge in [-0.1, -0.05) is 0 Å². The molecule has 24 nitrogen and oxygen atoms in total. The minimum atomic E-state index is -5.37. The summed E-state index contributed by atoms with van der Waals surface area (Å²) in [6.07, 6.45) is -10.1. The van der Waals surface area contributed by atoms with Crippen LogP contribution in [0.1, 0.15) is 19.4 Å². The Morgan fingerprint density at radius 3 is 1.88 bits per heavy atom. The van der Waals surface area contributed by atoms with Crippen LogP contribution >= 0.6 is 15.6 Å². The summed E-state index contributed by atoms with van der Waals surface area (Å²) in [5.41, 5.74) is 3.62. The van der Waals surface area contributed by atoms with Crippen LogP contribution in [0, 0.1) is 0 Å². The lowest BCUT2D eigenvalue weighted by Crippen LogP contribution is -2.41. The number of hydrogen-bond acceptors (Lipinski definition) is 20. The number of aromatic amines is 2. The number of nitrogen functional groups attached to an aromatic ring is 1. The molecule has 0 amide bonds. The molecule has 7 heterocycles. The van der Waals surface area contributed by atoms with Crippen LogP contribution < -0.4 is 26.6 Å². The second-order valence-corrected chi connectivity index (χ2v) is 13.3. The van der Waals surface area contributed by atoms with E-state index in [2.05, 4.69) is 34.9 Å². The first-order chi connectivity index (χ1) is 22.7. The lowest BCUT2D eigenvalue weighted by Gasteiger charge is -2.34. The Bertz CT molecular complexity index is 2130. The summed E-state index contributed by atoms with van der Waals surface area (Å²) in [5.74, 6) is -0.404. The number of aliphatic imine (C=N–C) groups is 1. The van der Waals surface area contributed by atoms with Gasteiger partial charge in [-0.25, -0.2) is 15.0 Å². The Morgan fingerprint density at radius 2 is 1.38 bits per heavy atom. The van der Waals surface area contributed by atoms with E-state index in [1.54, 1.807) is 6.92 Å². The van der Waals surface area contributed by atoms with Crippen LogP contribution in [0.15, 0.2) is 27.2 Å². The fraction of sp³-hybridized carbons (Fsp3) is 0.500. The maximum atomic E-state index is 13.0. The van der Waals surface area contributed by atoms with Gasteiger partial charge in [0.2, 0.25) is 11.9 Å². The van der Waals surface area contributed by atoms with Crippen LogP contribution in [0.3, 0.4) is 0 Å². The number of H-pyrrole nitrogens is 2. The molecule has 3 saturated heterocycles. The molecule has 26 heteroatoms. The van der Waals surface area contributed by atoms with E-state index in [9.17, 15) is 38.7 Å². The van der Waals surface area contributed by atoms with E-state index < -0.39 is 89.1 Å². The highest BCUT2D eigenvalue weighted by Gasteiger charge is 2.51. The number of imidazole rings is 2. The fourth-order valence-corrected chi connectivity index (χ4v) is 7.43. The number of anilines is 1. The lowest BCUT2D eigenvalue weighted by molar-refractivity contribution is -0.244. The number of nitrogens with two attached hydrogens (primary N) is 1. The number of hydrogen-bond donors (Lipinski definition) is 5. The first-order valence-corrected chi connectivity index (χ1v) is 16.8. The maximum absolute atomic E-state index is 13.0. The molecule has 3 fully saturated rings. The SMILES string of the molecule is CC=Nc1nc2c(ncn2[C@@H]2O[C@@H]3COP(=O)([O-])O[C@@H]4C(O)[C@H](n5cnc6c(=O)[nH]c(N)nc65)O[C@@H]4COP(=O)([O-])O[C@@H]3C2O)c(=O)[nH]1.